The number of amides is 1. The van der Waals surface area contributed by atoms with Gasteiger partial charge in [-0.3, -0.25) is 4.79 Å². The number of likely N-dealkylation sites (tertiary alicyclic amines) is 1. The number of hydrogen-bond acceptors (Lipinski definition) is 4. The molecule has 1 amide bonds. The molecule has 5 nitrogen and oxygen atoms in total. The molecule has 0 spiro atoms. The number of carbonyl (C=O) groups excluding carboxylic acids is 1. The maximum atomic E-state index is 13.4. The Labute approximate surface area is 158 Å². The van der Waals surface area contributed by atoms with Crippen molar-refractivity contribution in [1.82, 2.24) is 15.0 Å². The highest BCUT2D eigenvalue weighted by Gasteiger charge is 2.36. The van der Waals surface area contributed by atoms with Crippen LogP contribution in [0.25, 0.3) is 11.4 Å². The number of hydrogen-bond donors (Lipinski definition) is 0. The van der Waals surface area contributed by atoms with Crippen molar-refractivity contribution in [3.8, 4) is 11.4 Å². The predicted octanol–water partition coefficient (Wildman–Crippen LogP) is 4.53. The van der Waals surface area contributed by atoms with Gasteiger partial charge in [0.2, 0.25) is 17.6 Å². The topological polar surface area (TPSA) is 59.2 Å². The maximum Gasteiger partial charge on any atom is 0.249 e. The van der Waals surface area contributed by atoms with Crippen LogP contribution in [-0.4, -0.2) is 20.9 Å². The van der Waals surface area contributed by atoms with Crippen LogP contribution in [0.5, 0.6) is 0 Å². The third kappa shape index (κ3) is 3.55. The second kappa shape index (κ2) is 7.08. The lowest BCUT2D eigenvalue weighted by Gasteiger charge is -2.22. The van der Waals surface area contributed by atoms with Gasteiger partial charge < -0.3 is 9.42 Å². The van der Waals surface area contributed by atoms with E-state index in [1.165, 1.54) is 24.3 Å². The minimum absolute atomic E-state index is 0.0779. The normalized spacial score (nSPS) is 16.9. The van der Waals surface area contributed by atoms with Gasteiger partial charge in [0.25, 0.3) is 0 Å². The first-order chi connectivity index (χ1) is 13.0. The molecule has 1 saturated heterocycles. The number of carbonyl (C=O) groups is 1. The van der Waals surface area contributed by atoms with Gasteiger partial charge in [-0.1, -0.05) is 35.0 Å². The van der Waals surface area contributed by atoms with Crippen LogP contribution >= 0.6 is 11.6 Å². The van der Waals surface area contributed by atoms with Crippen LogP contribution in [0.3, 0.4) is 0 Å². The summed E-state index contributed by atoms with van der Waals surface area (Å²) in [5.41, 5.74) is 1.12. The summed E-state index contributed by atoms with van der Waals surface area (Å²) in [7, 11) is 0. The first-order valence-corrected chi connectivity index (χ1v) is 8.72. The monoisotopic (exact) mass is 389 g/mol. The molecule has 1 atom stereocenters. The number of rotatable bonds is 4. The van der Waals surface area contributed by atoms with E-state index in [0.29, 0.717) is 24.0 Å². The highest BCUT2D eigenvalue weighted by atomic mass is 35.5. The smallest absolute Gasteiger partial charge is 0.249 e. The molecule has 0 aliphatic carbocycles. The van der Waals surface area contributed by atoms with Gasteiger partial charge in [0.15, 0.2) is 0 Å². The molecule has 0 saturated carbocycles. The Kier molecular flexibility index (Phi) is 4.61. The van der Waals surface area contributed by atoms with E-state index < -0.39 is 17.7 Å². The largest absolute Gasteiger partial charge is 0.337 e. The lowest BCUT2D eigenvalue weighted by molar-refractivity contribution is -0.129. The average molecular weight is 390 g/mol. The van der Waals surface area contributed by atoms with E-state index in [0.717, 1.165) is 0 Å². The summed E-state index contributed by atoms with van der Waals surface area (Å²) in [6.45, 7) is 0.209. The molecular formula is C19H14ClF2N3O2. The Balaban J connectivity index is 1.60. The zero-order chi connectivity index (χ0) is 19.0. The Bertz CT molecular complexity index is 1010. The first-order valence-electron chi connectivity index (χ1n) is 8.34. The lowest BCUT2D eigenvalue weighted by atomic mass is 10.1. The first kappa shape index (κ1) is 17.6. The van der Waals surface area contributed by atoms with E-state index in [2.05, 4.69) is 10.1 Å². The molecule has 1 aliphatic heterocycles. The minimum Gasteiger partial charge on any atom is -0.337 e. The fourth-order valence-electron chi connectivity index (χ4n) is 3.14. The molecule has 8 heteroatoms. The molecule has 27 heavy (non-hydrogen) atoms. The maximum absolute atomic E-state index is 13.4. The summed E-state index contributed by atoms with van der Waals surface area (Å²) < 4.78 is 32.0. The fraction of sp³-hybridized carbons (Fsp3) is 0.211. The van der Waals surface area contributed by atoms with Crippen LogP contribution in [0.4, 0.5) is 8.78 Å². The Morgan fingerprint density at radius 3 is 2.78 bits per heavy atom. The van der Waals surface area contributed by atoms with E-state index in [9.17, 15) is 13.6 Å². The average Bonchev–Trinajstić information content (AvgIpc) is 3.25. The summed E-state index contributed by atoms with van der Waals surface area (Å²) in [5, 5.41) is 4.15. The van der Waals surface area contributed by atoms with Crippen LogP contribution in [0, 0.1) is 11.6 Å². The van der Waals surface area contributed by atoms with Gasteiger partial charge in [-0.05, 0) is 36.2 Å². The highest BCUT2D eigenvalue weighted by molar-refractivity contribution is 6.31. The van der Waals surface area contributed by atoms with Crippen molar-refractivity contribution in [2.75, 3.05) is 0 Å². The molecule has 138 valence electrons. The van der Waals surface area contributed by atoms with Gasteiger partial charge in [-0.2, -0.15) is 4.98 Å². The molecule has 0 bridgehead atoms. The Morgan fingerprint density at radius 2 is 2.00 bits per heavy atom. The quantitative estimate of drug-likeness (QED) is 0.657. The van der Waals surface area contributed by atoms with Crippen LogP contribution in [-0.2, 0) is 11.3 Å². The molecule has 2 aromatic carbocycles. The van der Waals surface area contributed by atoms with Crippen molar-refractivity contribution in [3.05, 3.63) is 70.6 Å². The van der Waals surface area contributed by atoms with Crippen molar-refractivity contribution < 1.29 is 18.1 Å². The molecule has 1 aromatic heterocycles. The van der Waals surface area contributed by atoms with Gasteiger partial charge >= 0.3 is 0 Å². The molecule has 4 rings (SSSR count). The van der Waals surface area contributed by atoms with Crippen LogP contribution in [0.2, 0.25) is 5.02 Å². The van der Waals surface area contributed by atoms with Crippen molar-refractivity contribution in [1.29, 1.82) is 0 Å². The standard InChI is InChI=1S/C19H14ClF2N3O2/c20-15-9-14(22)5-4-12(15)10-25-16(6-7-17(25)26)19-23-18(24-27-19)11-2-1-3-13(21)8-11/h1-5,8-9,16H,6-7,10H2. The minimum atomic E-state index is -0.440. The summed E-state index contributed by atoms with van der Waals surface area (Å²) >= 11 is 6.08. The summed E-state index contributed by atoms with van der Waals surface area (Å²) in [5.74, 6) is -0.389. The molecule has 1 unspecified atom stereocenters. The molecule has 1 fully saturated rings. The van der Waals surface area contributed by atoms with Gasteiger partial charge in [0, 0.05) is 23.6 Å². The zero-order valence-electron chi connectivity index (χ0n) is 14.0. The van der Waals surface area contributed by atoms with Crippen LogP contribution in [0.1, 0.15) is 30.3 Å². The van der Waals surface area contributed by atoms with Crippen LogP contribution in [0.15, 0.2) is 47.0 Å². The van der Waals surface area contributed by atoms with Crippen molar-refractivity contribution in [2.24, 2.45) is 0 Å². The number of nitrogens with zero attached hydrogens (tertiary/aromatic N) is 3. The zero-order valence-corrected chi connectivity index (χ0v) is 14.8. The SMILES string of the molecule is O=C1CCC(c2nc(-c3cccc(F)c3)no2)N1Cc1ccc(F)cc1Cl. The molecule has 3 aromatic rings. The molecule has 0 radical (unpaired) electrons. The van der Waals surface area contributed by atoms with Gasteiger partial charge in [0.1, 0.15) is 17.7 Å². The van der Waals surface area contributed by atoms with Crippen LogP contribution < -0.4 is 0 Å². The molecule has 2 heterocycles. The Hall–Kier alpha value is -2.80. The van der Waals surface area contributed by atoms with E-state index in [4.69, 9.17) is 16.1 Å². The molecule has 1 aliphatic rings. The molecule has 0 N–H and O–H groups in total. The van der Waals surface area contributed by atoms with Crippen molar-refractivity contribution in [2.45, 2.75) is 25.4 Å². The second-order valence-electron chi connectivity index (χ2n) is 6.28. The fourth-order valence-corrected chi connectivity index (χ4v) is 3.36. The number of benzene rings is 2. The van der Waals surface area contributed by atoms with Crippen molar-refractivity contribution >= 4 is 17.5 Å². The lowest BCUT2D eigenvalue weighted by Crippen LogP contribution is -2.27. The van der Waals surface area contributed by atoms with E-state index in [1.807, 2.05) is 0 Å². The van der Waals surface area contributed by atoms with E-state index >= 15 is 0 Å². The van der Waals surface area contributed by atoms with Crippen molar-refractivity contribution in [3.63, 3.8) is 0 Å². The second-order valence-corrected chi connectivity index (χ2v) is 6.69. The van der Waals surface area contributed by atoms with Gasteiger partial charge in [-0.15, -0.1) is 0 Å². The summed E-state index contributed by atoms with van der Waals surface area (Å²) in [4.78, 5) is 18.3. The summed E-state index contributed by atoms with van der Waals surface area (Å²) in [6.07, 6.45) is 0.851. The predicted molar refractivity (Wildman–Crippen MR) is 93.6 cm³/mol. The number of halogens is 3. The third-order valence-electron chi connectivity index (χ3n) is 4.49. The third-order valence-corrected chi connectivity index (χ3v) is 4.85. The van der Waals surface area contributed by atoms with E-state index in [1.54, 1.807) is 23.1 Å². The number of aromatic nitrogens is 2. The summed E-state index contributed by atoms with van der Waals surface area (Å²) in [6, 6.07) is 9.52. The molecular weight excluding hydrogens is 376 g/mol. The van der Waals surface area contributed by atoms with Gasteiger partial charge in [0.05, 0.1) is 0 Å². The Morgan fingerprint density at radius 1 is 1.19 bits per heavy atom. The highest BCUT2D eigenvalue weighted by Crippen LogP contribution is 2.35. The van der Waals surface area contributed by atoms with E-state index in [-0.39, 0.29) is 29.2 Å². The van der Waals surface area contributed by atoms with Gasteiger partial charge in [-0.25, -0.2) is 8.78 Å².